The van der Waals surface area contributed by atoms with E-state index in [4.69, 9.17) is 15.9 Å². The minimum absolute atomic E-state index is 0.115. The van der Waals surface area contributed by atoms with E-state index in [0.717, 1.165) is 5.56 Å². The molecule has 6 nitrogen and oxygen atoms in total. The Morgan fingerprint density at radius 3 is 2.26 bits per heavy atom. The fourth-order valence-electron chi connectivity index (χ4n) is 1.48. The Morgan fingerprint density at radius 1 is 1.16 bits per heavy atom. The summed E-state index contributed by atoms with van der Waals surface area (Å²) in [4.78, 5) is 10.5. The van der Waals surface area contributed by atoms with Gasteiger partial charge in [-0.3, -0.25) is 19.9 Å². The van der Waals surface area contributed by atoms with Gasteiger partial charge in [-0.25, -0.2) is 4.79 Å². The van der Waals surface area contributed by atoms with Gasteiger partial charge in [0.2, 0.25) is 0 Å². The van der Waals surface area contributed by atoms with E-state index < -0.39 is 27.3 Å². The maximum absolute atomic E-state index is 10.5. The molecule has 0 saturated carbocycles. The smallest absolute Gasteiger partial charge is 0.357 e. The van der Waals surface area contributed by atoms with Gasteiger partial charge in [-0.15, -0.1) is 0 Å². The van der Waals surface area contributed by atoms with Crippen LogP contribution in [0.2, 0.25) is 0 Å². The Morgan fingerprint density at radius 2 is 1.74 bits per heavy atom. The summed E-state index contributed by atoms with van der Waals surface area (Å²) in [6.07, 6.45) is 1.01. The van der Waals surface area contributed by atoms with E-state index in [9.17, 15) is 13.9 Å². The maximum atomic E-state index is 10.5. The number of benzene rings is 1. The van der Waals surface area contributed by atoms with Crippen LogP contribution >= 0.6 is 10.6 Å². The van der Waals surface area contributed by atoms with Crippen LogP contribution in [0.5, 0.6) is 0 Å². The molecule has 1 aromatic rings. The fraction of sp³-hybridized carbons (Fsp3) is 0.250. The van der Waals surface area contributed by atoms with Crippen molar-refractivity contribution in [3.05, 3.63) is 35.9 Å². The summed E-state index contributed by atoms with van der Waals surface area (Å²) in [6.45, 7) is 0. The summed E-state index contributed by atoms with van der Waals surface area (Å²) in [5.41, 5.74) is -0.0442. The van der Waals surface area contributed by atoms with Crippen molar-refractivity contribution in [1.29, 1.82) is 10.8 Å². The van der Waals surface area contributed by atoms with E-state index in [2.05, 4.69) is 0 Å². The van der Waals surface area contributed by atoms with Crippen molar-refractivity contribution < 1.29 is 19.0 Å². The van der Waals surface area contributed by atoms with Gasteiger partial charge in [-0.2, -0.15) is 10.6 Å². The first-order valence-electron chi connectivity index (χ1n) is 5.55. The molecule has 0 radical (unpaired) electrons. The van der Waals surface area contributed by atoms with Crippen molar-refractivity contribution in [2.45, 2.75) is 12.8 Å². The Labute approximate surface area is 112 Å². The Hall–Kier alpha value is -1.70. The van der Waals surface area contributed by atoms with Crippen LogP contribution in [0, 0.1) is 10.8 Å². The van der Waals surface area contributed by atoms with Gasteiger partial charge in [0, 0.05) is 5.75 Å². The minimum atomic E-state index is -3.50. The Bertz CT molecular complexity index is 488. The van der Waals surface area contributed by atoms with E-state index in [1.165, 1.54) is 0 Å². The second kappa shape index (κ2) is 6.46. The molecule has 1 rings (SSSR count). The summed E-state index contributed by atoms with van der Waals surface area (Å²) in [6, 6.07) is 9.42. The third kappa shape index (κ3) is 4.47. The molecule has 19 heavy (non-hydrogen) atoms. The summed E-state index contributed by atoms with van der Waals surface area (Å²) in [7, 11) is -3.50. The molecular weight excluding hydrogens is 268 g/mol. The number of carboxylic acids is 1. The maximum Gasteiger partial charge on any atom is 0.357 e. The molecule has 1 aromatic carbocycles. The molecule has 0 unspecified atom stereocenters. The average molecular weight is 284 g/mol. The number of nitrogens with one attached hydrogen (secondary N) is 2. The highest BCUT2D eigenvalue weighted by atomic mass is 32.3. The van der Waals surface area contributed by atoms with Crippen LogP contribution in [0.25, 0.3) is 0 Å². The summed E-state index contributed by atoms with van der Waals surface area (Å²) >= 11 is 0. The van der Waals surface area contributed by atoms with Gasteiger partial charge < -0.3 is 5.11 Å². The van der Waals surface area contributed by atoms with Gasteiger partial charge >= 0.3 is 5.97 Å². The SMILES string of the molecule is N=C(C(=N)S(O)(O)CCCc1ccccc1)C(=O)O. The van der Waals surface area contributed by atoms with E-state index in [1.807, 2.05) is 30.3 Å². The molecule has 0 aliphatic rings. The summed E-state index contributed by atoms with van der Waals surface area (Å²) in [5, 5.41) is 22.1. The lowest BCUT2D eigenvalue weighted by atomic mass is 10.1. The molecule has 0 amide bonds. The van der Waals surface area contributed by atoms with Crippen molar-refractivity contribution in [2.75, 3.05) is 5.75 Å². The second-order valence-corrected chi connectivity index (χ2v) is 6.12. The van der Waals surface area contributed by atoms with E-state index in [-0.39, 0.29) is 5.75 Å². The lowest BCUT2D eigenvalue weighted by Crippen LogP contribution is -2.28. The van der Waals surface area contributed by atoms with Gasteiger partial charge in [0.05, 0.1) is 0 Å². The van der Waals surface area contributed by atoms with Crippen molar-refractivity contribution >= 4 is 27.3 Å². The summed E-state index contributed by atoms with van der Waals surface area (Å²) in [5.74, 6) is -1.75. The van der Waals surface area contributed by atoms with Crippen molar-refractivity contribution in [2.24, 2.45) is 0 Å². The van der Waals surface area contributed by atoms with Gasteiger partial charge in [0.1, 0.15) is 0 Å². The van der Waals surface area contributed by atoms with Gasteiger partial charge in [0.25, 0.3) is 0 Å². The predicted molar refractivity (Wildman–Crippen MR) is 75.6 cm³/mol. The average Bonchev–Trinajstić information content (AvgIpc) is 2.37. The van der Waals surface area contributed by atoms with Crippen molar-refractivity contribution in [3.8, 4) is 0 Å². The highest BCUT2D eigenvalue weighted by Crippen LogP contribution is 2.40. The molecule has 0 bridgehead atoms. The van der Waals surface area contributed by atoms with Crippen LogP contribution in [0.4, 0.5) is 0 Å². The third-order valence-electron chi connectivity index (χ3n) is 2.51. The van der Waals surface area contributed by atoms with Gasteiger partial charge in [-0.05, 0) is 18.4 Å². The number of carbonyl (C=O) groups is 1. The number of hydrogen-bond donors (Lipinski definition) is 5. The minimum Gasteiger partial charge on any atom is -0.476 e. The zero-order valence-corrected chi connectivity index (χ0v) is 11.0. The van der Waals surface area contributed by atoms with Crippen LogP contribution in [0.3, 0.4) is 0 Å². The van der Waals surface area contributed by atoms with E-state index in [1.54, 1.807) is 0 Å². The molecule has 0 aliphatic heterocycles. The molecule has 104 valence electrons. The molecule has 0 atom stereocenters. The zero-order chi connectivity index (χ0) is 14.5. The zero-order valence-electron chi connectivity index (χ0n) is 10.2. The van der Waals surface area contributed by atoms with Crippen LogP contribution < -0.4 is 0 Å². The van der Waals surface area contributed by atoms with E-state index in [0.29, 0.717) is 12.8 Å². The molecule has 0 fully saturated rings. The molecule has 5 N–H and O–H groups in total. The van der Waals surface area contributed by atoms with Crippen molar-refractivity contribution in [1.82, 2.24) is 0 Å². The molecule has 0 spiro atoms. The monoisotopic (exact) mass is 284 g/mol. The summed E-state index contributed by atoms with van der Waals surface area (Å²) < 4.78 is 19.4. The fourth-order valence-corrected chi connectivity index (χ4v) is 2.65. The number of aryl methyl sites for hydroxylation is 1. The standard InChI is InChI=1S/C12H16N2O4S/c13-10(12(15)16)11(14)19(17,18)8-4-7-9-5-2-1-3-6-9/h1-3,5-6,13-14,17-18H,4,7-8H2,(H,15,16). The largest absolute Gasteiger partial charge is 0.476 e. The number of aliphatic carboxylic acids is 1. The highest BCUT2D eigenvalue weighted by molar-refractivity contribution is 8.38. The third-order valence-corrected chi connectivity index (χ3v) is 4.22. The Kier molecular flexibility index (Phi) is 5.22. The molecule has 0 heterocycles. The highest BCUT2D eigenvalue weighted by Gasteiger charge is 2.26. The first-order chi connectivity index (χ1) is 8.84. The quantitative estimate of drug-likeness (QED) is 0.406. The first-order valence-corrected chi connectivity index (χ1v) is 7.27. The van der Waals surface area contributed by atoms with Crippen molar-refractivity contribution in [3.63, 3.8) is 0 Å². The molecule has 7 heteroatoms. The first kappa shape index (κ1) is 15.4. The normalized spacial score (nSPS) is 11.9. The molecule has 0 aromatic heterocycles. The molecule has 0 saturated heterocycles. The molecule has 0 aliphatic carbocycles. The van der Waals surface area contributed by atoms with Gasteiger partial charge in [-0.1, -0.05) is 30.3 Å². The number of carboxylic acid groups (broad SMARTS) is 1. The Balaban J connectivity index is 2.53. The van der Waals surface area contributed by atoms with Crippen LogP contribution in [0.15, 0.2) is 30.3 Å². The lowest BCUT2D eigenvalue weighted by Gasteiger charge is -2.31. The predicted octanol–water partition coefficient (Wildman–Crippen LogP) is 2.45. The molecular formula is C12H16N2O4S. The van der Waals surface area contributed by atoms with Gasteiger partial charge in [0.15, 0.2) is 10.8 Å². The van der Waals surface area contributed by atoms with Crippen LogP contribution in [-0.2, 0) is 11.2 Å². The van der Waals surface area contributed by atoms with Crippen LogP contribution in [0.1, 0.15) is 12.0 Å². The number of rotatable bonds is 6. The van der Waals surface area contributed by atoms with Crippen LogP contribution in [-0.4, -0.2) is 36.7 Å². The van der Waals surface area contributed by atoms with E-state index >= 15 is 0 Å². The topological polar surface area (TPSA) is 125 Å². The second-order valence-electron chi connectivity index (χ2n) is 3.97. The number of hydrogen-bond acceptors (Lipinski definition) is 5. The lowest BCUT2D eigenvalue weighted by molar-refractivity contribution is -0.129.